The molecule has 0 bridgehead atoms. The fourth-order valence-electron chi connectivity index (χ4n) is 5.53. The molecule has 0 heterocycles. The van der Waals surface area contributed by atoms with Crippen molar-refractivity contribution in [2.45, 2.75) is 67.2 Å². The molecule has 0 aromatic heterocycles. The minimum Gasteiger partial charge on any atom is -0.299 e. The molecule has 2 aliphatic carbocycles. The molecule has 2 rings (SSSR count). The lowest BCUT2D eigenvalue weighted by Gasteiger charge is -2.52. The van der Waals surface area contributed by atoms with Crippen LogP contribution in [0, 0.1) is 29.1 Å². The number of hydrogen-bond acceptors (Lipinski definition) is 2. The minimum absolute atomic E-state index is 0.0497. The van der Waals surface area contributed by atoms with Gasteiger partial charge >= 0.3 is 0 Å². The van der Waals surface area contributed by atoms with Gasteiger partial charge in [0, 0.05) is 11.8 Å². The van der Waals surface area contributed by atoms with Crippen LogP contribution in [0.5, 0.6) is 0 Å². The Morgan fingerprint density at radius 1 is 1.31 bits per heavy atom. The summed E-state index contributed by atoms with van der Waals surface area (Å²) in [7, 11) is 0. The van der Waals surface area contributed by atoms with Crippen molar-refractivity contribution >= 4 is 23.5 Å². The lowest BCUT2D eigenvalue weighted by molar-refractivity contribution is -0.131. The Morgan fingerprint density at radius 3 is 2.54 bits per heavy atom. The van der Waals surface area contributed by atoms with Crippen molar-refractivity contribution < 1.29 is 9.59 Å². The van der Waals surface area contributed by atoms with Crippen molar-refractivity contribution in [2.24, 2.45) is 29.1 Å². The predicted molar refractivity (Wildman–Crippen MR) is 112 cm³/mol. The molecule has 2 nitrogen and oxygen atoms in total. The number of allylic oxidation sites excluding steroid dienone is 6. The highest BCUT2D eigenvalue weighted by molar-refractivity contribution is 7.96. The Hall–Kier alpha value is -1.09. The average molecular weight is 375 g/mol. The zero-order valence-electron chi connectivity index (χ0n) is 17.1. The van der Waals surface area contributed by atoms with Gasteiger partial charge < -0.3 is 0 Å². The van der Waals surface area contributed by atoms with E-state index in [2.05, 4.69) is 65.5 Å². The maximum atomic E-state index is 13.2. The zero-order chi connectivity index (χ0) is 19.6. The van der Waals surface area contributed by atoms with E-state index in [0.29, 0.717) is 11.8 Å². The van der Waals surface area contributed by atoms with E-state index in [9.17, 15) is 9.59 Å². The molecule has 0 aliphatic heterocycles. The first-order valence-electron chi connectivity index (χ1n) is 9.84. The van der Waals surface area contributed by atoms with Gasteiger partial charge in [0.25, 0.3) is 0 Å². The molecule has 0 amide bonds. The van der Waals surface area contributed by atoms with Gasteiger partial charge in [-0.2, -0.15) is 0 Å². The van der Waals surface area contributed by atoms with Crippen molar-refractivity contribution in [3.63, 3.8) is 0 Å². The van der Waals surface area contributed by atoms with Gasteiger partial charge in [-0.25, -0.2) is 0 Å². The van der Waals surface area contributed by atoms with Crippen LogP contribution in [0.1, 0.15) is 67.2 Å². The van der Waals surface area contributed by atoms with Crippen LogP contribution in [0.15, 0.2) is 34.9 Å². The summed E-state index contributed by atoms with van der Waals surface area (Å²) in [6.45, 7) is 13.0. The molecule has 2 aliphatic rings. The van der Waals surface area contributed by atoms with E-state index < -0.39 is 0 Å². The molecular weight excluding hydrogens is 340 g/mol. The third-order valence-electron chi connectivity index (χ3n) is 6.54. The van der Waals surface area contributed by atoms with Crippen LogP contribution in [-0.4, -0.2) is 10.9 Å². The van der Waals surface area contributed by atoms with Crippen LogP contribution in [0.4, 0.5) is 0 Å². The van der Waals surface area contributed by atoms with Crippen LogP contribution in [0.25, 0.3) is 0 Å². The second-order valence-electron chi connectivity index (χ2n) is 8.85. The average Bonchev–Trinajstić information content (AvgIpc) is 2.51. The molecule has 5 atom stereocenters. The fraction of sp³-hybridized carbons (Fsp3) is 0.652. The first-order chi connectivity index (χ1) is 12.1. The van der Waals surface area contributed by atoms with Crippen molar-refractivity contribution in [2.75, 3.05) is 0 Å². The van der Waals surface area contributed by atoms with Gasteiger partial charge in [-0.05, 0) is 57.8 Å². The number of fused-ring (bicyclic) bond motifs is 1. The van der Waals surface area contributed by atoms with E-state index in [-0.39, 0.29) is 34.6 Å². The van der Waals surface area contributed by atoms with E-state index in [1.807, 2.05) is 6.92 Å². The summed E-state index contributed by atoms with van der Waals surface area (Å²) in [5.74, 6) is 1.04. The summed E-state index contributed by atoms with van der Waals surface area (Å²) < 4.78 is 0. The second-order valence-corrected chi connectivity index (χ2v) is 9.35. The van der Waals surface area contributed by atoms with Crippen LogP contribution in [0.2, 0.25) is 0 Å². The van der Waals surface area contributed by atoms with Crippen molar-refractivity contribution in [3.8, 4) is 0 Å². The Bertz CT molecular complexity index is 670. The molecule has 0 radical (unpaired) electrons. The Labute approximate surface area is 164 Å². The maximum Gasteiger partial charge on any atom is 0.193 e. The summed E-state index contributed by atoms with van der Waals surface area (Å²) >= 11 is 3.89. The summed E-state index contributed by atoms with van der Waals surface area (Å²) in [4.78, 5) is 24.7. The number of Topliss-reactive ketones (excluding diaryl/α,β-unsaturated/α-hetero) is 1. The lowest BCUT2D eigenvalue weighted by atomic mass is 9.52. The molecule has 0 saturated heterocycles. The minimum atomic E-state index is -0.321. The van der Waals surface area contributed by atoms with Crippen LogP contribution < -0.4 is 0 Å². The lowest BCUT2D eigenvalue weighted by Crippen LogP contribution is -2.47. The van der Waals surface area contributed by atoms with Gasteiger partial charge in [-0.3, -0.25) is 9.59 Å². The number of ketones is 1. The number of carbonyl (C=O) groups is 2. The molecule has 26 heavy (non-hydrogen) atoms. The monoisotopic (exact) mass is 374 g/mol. The van der Waals surface area contributed by atoms with Crippen LogP contribution >= 0.6 is 12.6 Å². The van der Waals surface area contributed by atoms with Gasteiger partial charge in [0.1, 0.15) is 5.78 Å². The first-order valence-corrected chi connectivity index (χ1v) is 10.3. The molecule has 0 spiro atoms. The van der Waals surface area contributed by atoms with E-state index in [4.69, 9.17) is 0 Å². The number of hydrogen-bond donors (Lipinski definition) is 1. The van der Waals surface area contributed by atoms with Gasteiger partial charge in [0.2, 0.25) is 0 Å². The molecule has 144 valence electrons. The van der Waals surface area contributed by atoms with E-state index in [1.165, 1.54) is 16.7 Å². The summed E-state index contributed by atoms with van der Waals surface area (Å²) in [5, 5.41) is -0.321. The zero-order valence-corrected chi connectivity index (χ0v) is 18.0. The topological polar surface area (TPSA) is 34.1 Å². The Kier molecular flexibility index (Phi) is 6.76. The fourth-order valence-corrected chi connectivity index (χ4v) is 5.69. The Balaban J connectivity index is 2.54. The third-order valence-corrected chi connectivity index (χ3v) is 6.70. The van der Waals surface area contributed by atoms with Crippen LogP contribution in [-0.2, 0) is 9.59 Å². The normalized spacial score (nSPS) is 35.6. The Morgan fingerprint density at radius 2 is 1.96 bits per heavy atom. The van der Waals surface area contributed by atoms with Crippen LogP contribution in [0.3, 0.4) is 0 Å². The van der Waals surface area contributed by atoms with E-state index in [0.717, 1.165) is 19.3 Å². The van der Waals surface area contributed by atoms with Gasteiger partial charge in [-0.1, -0.05) is 55.2 Å². The summed E-state index contributed by atoms with van der Waals surface area (Å²) in [5.41, 5.74) is 3.76. The standard InChI is InChI=1S/C23H34O2S/c1-7-14(2)10-16(4)21-17(5)13-23(6)12-15(3)8-9-18(23)22(21)19(24)11-20(25)26/h7,10,13,15,18,21-22H,8-9,11-12H2,1-6H3,(H,25,26)/b14-7+,16-10+/t15-,18+,21-,22?,23+/m1/s1. The molecule has 1 saturated carbocycles. The summed E-state index contributed by atoms with van der Waals surface area (Å²) in [6.07, 6.45) is 10.0. The SMILES string of the molecule is C/C=C(C)/C=C(\C)[C@@H]1C(C)=C[C@]2(C)C[C@H](C)CC[C@H]2C1C(=O)CC(=O)S. The van der Waals surface area contributed by atoms with Crippen molar-refractivity contribution in [1.29, 1.82) is 0 Å². The number of thiol groups is 1. The van der Waals surface area contributed by atoms with Crippen molar-refractivity contribution in [1.82, 2.24) is 0 Å². The predicted octanol–water partition coefficient (Wildman–Crippen LogP) is 5.95. The van der Waals surface area contributed by atoms with Gasteiger partial charge in [0.05, 0.1) is 6.42 Å². The molecule has 0 aromatic rings. The quantitative estimate of drug-likeness (QED) is 0.279. The molecule has 3 heteroatoms. The van der Waals surface area contributed by atoms with Gasteiger partial charge in [0.15, 0.2) is 5.12 Å². The van der Waals surface area contributed by atoms with Gasteiger partial charge in [-0.15, -0.1) is 12.6 Å². The van der Waals surface area contributed by atoms with Crippen molar-refractivity contribution in [3.05, 3.63) is 34.9 Å². The highest BCUT2D eigenvalue weighted by atomic mass is 32.1. The molecular formula is C23H34O2S. The molecule has 0 aromatic carbocycles. The molecule has 0 N–H and O–H groups in total. The van der Waals surface area contributed by atoms with E-state index >= 15 is 0 Å². The number of rotatable bonds is 5. The smallest absolute Gasteiger partial charge is 0.193 e. The largest absolute Gasteiger partial charge is 0.299 e. The second kappa shape index (κ2) is 8.29. The highest BCUT2D eigenvalue weighted by Crippen LogP contribution is 2.56. The molecule has 1 unspecified atom stereocenters. The van der Waals surface area contributed by atoms with E-state index in [1.54, 1.807) is 0 Å². The number of carbonyl (C=O) groups excluding carboxylic acids is 2. The third kappa shape index (κ3) is 4.42. The summed E-state index contributed by atoms with van der Waals surface area (Å²) in [6, 6.07) is 0. The maximum absolute atomic E-state index is 13.2. The highest BCUT2D eigenvalue weighted by Gasteiger charge is 2.50. The first kappa shape index (κ1) is 21.2. The molecule has 1 fully saturated rings.